The molecule has 3 aromatic rings. The zero-order valence-corrected chi connectivity index (χ0v) is 12.7. The Balaban J connectivity index is 1.88. The number of hydrogen-bond acceptors (Lipinski definition) is 2. The molecule has 0 fully saturated rings. The van der Waals surface area contributed by atoms with Crippen molar-refractivity contribution in [1.29, 1.82) is 0 Å². The highest BCUT2D eigenvalue weighted by molar-refractivity contribution is 6.06. The SMILES string of the molecule is NC(=O)c1ccc(C(N)=O)c(-c2ccc3c(c2)-c2ccccc2-3)c1. The first kappa shape index (κ1) is 14.2. The van der Waals surface area contributed by atoms with E-state index in [4.69, 9.17) is 11.5 Å². The maximum Gasteiger partial charge on any atom is 0.249 e. The van der Waals surface area contributed by atoms with Gasteiger partial charge in [0.05, 0.1) is 0 Å². The van der Waals surface area contributed by atoms with Gasteiger partial charge >= 0.3 is 0 Å². The van der Waals surface area contributed by atoms with Crippen molar-refractivity contribution >= 4 is 11.8 Å². The summed E-state index contributed by atoms with van der Waals surface area (Å²) >= 11 is 0. The van der Waals surface area contributed by atoms with Crippen molar-refractivity contribution in [1.82, 2.24) is 0 Å². The summed E-state index contributed by atoms with van der Waals surface area (Å²) in [7, 11) is 0. The van der Waals surface area contributed by atoms with Crippen molar-refractivity contribution in [3.63, 3.8) is 0 Å². The fourth-order valence-corrected chi connectivity index (χ4v) is 3.21. The Labute approximate surface area is 138 Å². The van der Waals surface area contributed by atoms with Crippen LogP contribution in [0.25, 0.3) is 33.4 Å². The molecule has 4 nitrogen and oxygen atoms in total. The normalized spacial score (nSPS) is 11.2. The molecule has 4 N–H and O–H groups in total. The average molecular weight is 314 g/mol. The van der Waals surface area contributed by atoms with Crippen LogP contribution < -0.4 is 11.5 Å². The quantitative estimate of drug-likeness (QED) is 0.608. The summed E-state index contributed by atoms with van der Waals surface area (Å²) in [6.45, 7) is 0. The number of rotatable bonds is 3. The molecule has 4 heteroatoms. The van der Waals surface area contributed by atoms with Gasteiger partial charge in [0.15, 0.2) is 0 Å². The lowest BCUT2D eigenvalue weighted by atomic mass is 9.79. The molecule has 0 saturated heterocycles. The maximum absolute atomic E-state index is 11.7. The average Bonchev–Trinajstić information content (AvgIpc) is 2.58. The van der Waals surface area contributed by atoms with E-state index in [1.54, 1.807) is 12.1 Å². The van der Waals surface area contributed by atoms with Gasteiger partial charge in [-0.2, -0.15) is 0 Å². The monoisotopic (exact) mass is 314 g/mol. The second-order valence-electron chi connectivity index (χ2n) is 5.79. The second-order valence-corrected chi connectivity index (χ2v) is 5.79. The minimum absolute atomic E-state index is 0.345. The van der Waals surface area contributed by atoms with E-state index >= 15 is 0 Å². The van der Waals surface area contributed by atoms with E-state index in [1.165, 1.54) is 22.8 Å². The van der Waals surface area contributed by atoms with Gasteiger partial charge in [0.25, 0.3) is 0 Å². The Morgan fingerprint density at radius 3 is 1.96 bits per heavy atom. The van der Waals surface area contributed by atoms with Crippen LogP contribution in [0.4, 0.5) is 0 Å². The second kappa shape index (κ2) is 5.06. The van der Waals surface area contributed by atoms with E-state index in [2.05, 4.69) is 12.1 Å². The maximum atomic E-state index is 11.7. The third-order valence-electron chi connectivity index (χ3n) is 4.41. The van der Waals surface area contributed by atoms with Crippen LogP contribution in [0.1, 0.15) is 20.7 Å². The summed E-state index contributed by atoms with van der Waals surface area (Å²) in [5.74, 6) is -1.08. The number of amides is 2. The van der Waals surface area contributed by atoms with Gasteiger partial charge in [0.2, 0.25) is 11.8 Å². The fourth-order valence-electron chi connectivity index (χ4n) is 3.21. The zero-order valence-electron chi connectivity index (χ0n) is 12.7. The van der Waals surface area contributed by atoms with Gasteiger partial charge in [-0.1, -0.05) is 36.4 Å². The number of fused-ring (bicyclic) bond motifs is 4. The van der Waals surface area contributed by atoms with Gasteiger partial charge in [-0.05, 0) is 57.6 Å². The Morgan fingerprint density at radius 2 is 1.29 bits per heavy atom. The van der Waals surface area contributed by atoms with Crippen LogP contribution in [0.2, 0.25) is 0 Å². The summed E-state index contributed by atoms with van der Waals surface area (Å²) in [6, 6.07) is 18.8. The van der Waals surface area contributed by atoms with Crippen LogP contribution in [0.3, 0.4) is 0 Å². The first-order valence-electron chi connectivity index (χ1n) is 7.54. The van der Waals surface area contributed by atoms with Crippen molar-refractivity contribution in [2.45, 2.75) is 0 Å². The predicted molar refractivity (Wildman–Crippen MR) is 93.3 cm³/mol. The van der Waals surface area contributed by atoms with Crippen molar-refractivity contribution in [2.75, 3.05) is 0 Å². The largest absolute Gasteiger partial charge is 0.366 e. The van der Waals surface area contributed by atoms with Crippen molar-refractivity contribution in [3.05, 3.63) is 71.8 Å². The summed E-state index contributed by atoms with van der Waals surface area (Å²) in [4.78, 5) is 23.2. The molecule has 24 heavy (non-hydrogen) atoms. The van der Waals surface area contributed by atoms with E-state index < -0.39 is 11.8 Å². The van der Waals surface area contributed by atoms with Gasteiger partial charge in [-0.15, -0.1) is 0 Å². The van der Waals surface area contributed by atoms with Crippen LogP contribution in [0, 0.1) is 0 Å². The molecular formula is C20H14N2O2. The predicted octanol–water partition coefficient (Wildman–Crippen LogP) is 3.20. The van der Waals surface area contributed by atoms with Crippen LogP contribution >= 0.6 is 0 Å². The van der Waals surface area contributed by atoms with Crippen LogP contribution in [0.5, 0.6) is 0 Å². The minimum Gasteiger partial charge on any atom is -0.366 e. The van der Waals surface area contributed by atoms with Gasteiger partial charge in [-0.3, -0.25) is 9.59 Å². The van der Waals surface area contributed by atoms with Gasteiger partial charge < -0.3 is 11.5 Å². The highest BCUT2D eigenvalue weighted by Gasteiger charge is 2.22. The van der Waals surface area contributed by atoms with E-state index in [0.717, 1.165) is 11.1 Å². The number of benzene rings is 3. The molecule has 0 unspecified atom stereocenters. The molecule has 1 aliphatic rings. The third-order valence-corrected chi connectivity index (χ3v) is 4.41. The molecule has 0 aliphatic heterocycles. The lowest BCUT2D eigenvalue weighted by Gasteiger charge is -2.24. The lowest BCUT2D eigenvalue weighted by molar-refractivity contribution is 0.0989. The first-order chi connectivity index (χ1) is 11.6. The molecule has 4 rings (SSSR count). The van der Waals surface area contributed by atoms with E-state index in [-0.39, 0.29) is 0 Å². The molecule has 3 aromatic carbocycles. The highest BCUT2D eigenvalue weighted by atomic mass is 16.1. The standard InChI is InChI=1S/C20H14N2O2/c21-19(23)12-6-8-16(20(22)24)17(10-12)11-5-7-15-13-3-1-2-4-14(13)18(15)9-11/h1-10H,(H2,21,23)(H2,22,24). The fraction of sp³-hybridized carbons (Fsp3) is 0. The molecule has 0 heterocycles. The Hall–Kier alpha value is -3.40. The molecule has 0 atom stereocenters. The summed E-state index contributed by atoms with van der Waals surface area (Å²) in [5, 5.41) is 0. The molecule has 116 valence electrons. The number of carbonyl (C=O) groups excluding carboxylic acids is 2. The Bertz CT molecular complexity index is 1020. The zero-order chi connectivity index (χ0) is 16.8. The molecule has 0 spiro atoms. The van der Waals surface area contributed by atoms with E-state index in [1.807, 2.05) is 30.3 Å². The number of hydrogen-bond donors (Lipinski definition) is 2. The highest BCUT2D eigenvalue weighted by Crippen LogP contribution is 2.48. The topological polar surface area (TPSA) is 86.2 Å². The summed E-state index contributed by atoms with van der Waals surface area (Å²) < 4.78 is 0. The molecule has 0 radical (unpaired) electrons. The Kier molecular flexibility index (Phi) is 3.00. The van der Waals surface area contributed by atoms with Crippen molar-refractivity contribution in [2.24, 2.45) is 11.5 Å². The summed E-state index contributed by atoms with van der Waals surface area (Å²) in [6.07, 6.45) is 0. The number of carbonyl (C=O) groups is 2. The molecule has 1 aliphatic carbocycles. The van der Waals surface area contributed by atoms with Crippen LogP contribution in [0.15, 0.2) is 60.7 Å². The molecule has 0 aromatic heterocycles. The Morgan fingerprint density at radius 1 is 0.625 bits per heavy atom. The first-order valence-corrected chi connectivity index (χ1v) is 7.54. The molecular weight excluding hydrogens is 300 g/mol. The van der Waals surface area contributed by atoms with Gasteiger partial charge in [-0.25, -0.2) is 0 Å². The molecule has 0 bridgehead atoms. The third kappa shape index (κ3) is 2.01. The van der Waals surface area contributed by atoms with E-state index in [0.29, 0.717) is 16.7 Å². The lowest BCUT2D eigenvalue weighted by Crippen LogP contribution is -2.15. The van der Waals surface area contributed by atoms with Crippen LogP contribution in [-0.4, -0.2) is 11.8 Å². The molecule has 2 amide bonds. The smallest absolute Gasteiger partial charge is 0.249 e. The van der Waals surface area contributed by atoms with Gasteiger partial charge in [0, 0.05) is 11.1 Å². The van der Waals surface area contributed by atoms with Crippen LogP contribution in [-0.2, 0) is 0 Å². The summed E-state index contributed by atoms with van der Waals surface area (Å²) in [5.41, 5.74) is 17.7. The number of nitrogens with two attached hydrogens (primary N) is 2. The van der Waals surface area contributed by atoms with Crippen molar-refractivity contribution in [3.8, 4) is 33.4 Å². The van der Waals surface area contributed by atoms with Gasteiger partial charge in [0.1, 0.15) is 0 Å². The van der Waals surface area contributed by atoms with E-state index in [9.17, 15) is 9.59 Å². The van der Waals surface area contributed by atoms with Crippen molar-refractivity contribution < 1.29 is 9.59 Å². The number of primary amides is 2. The molecule has 0 saturated carbocycles. The minimum atomic E-state index is -0.540.